The second-order valence-electron chi connectivity index (χ2n) is 6.72. The van der Waals surface area contributed by atoms with E-state index in [1.807, 2.05) is 0 Å². The number of morpholine rings is 1. The van der Waals surface area contributed by atoms with E-state index in [4.69, 9.17) is 4.74 Å². The Hall–Kier alpha value is -0.860. The first-order valence-electron chi connectivity index (χ1n) is 7.19. The van der Waals surface area contributed by atoms with Gasteiger partial charge in [0.2, 0.25) is 0 Å². The number of nitrogens with one attached hydrogen (secondary N) is 1. The minimum absolute atomic E-state index is 0.0661. The highest BCUT2D eigenvalue weighted by Gasteiger charge is 2.34. The van der Waals surface area contributed by atoms with Crippen molar-refractivity contribution in [1.82, 2.24) is 5.32 Å². The molecule has 0 radical (unpaired) electrons. The van der Waals surface area contributed by atoms with E-state index >= 15 is 0 Å². The molecule has 1 N–H and O–H groups in total. The van der Waals surface area contributed by atoms with E-state index in [-0.39, 0.29) is 11.6 Å². The number of rotatable bonds is 1. The molecular weight excluding hydrogens is 234 g/mol. The Balaban J connectivity index is 2.43. The van der Waals surface area contributed by atoms with E-state index in [2.05, 4.69) is 59.8 Å². The van der Waals surface area contributed by atoms with Crippen molar-refractivity contribution in [3.63, 3.8) is 0 Å². The zero-order chi connectivity index (χ0) is 14.4. The lowest BCUT2D eigenvalue weighted by atomic mass is 9.86. The summed E-state index contributed by atoms with van der Waals surface area (Å²) in [6.07, 6.45) is 0.159. The maximum absolute atomic E-state index is 6.20. The van der Waals surface area contributed by atoms with Crippen molar-refractivity contribution in [2.45, 2.75) is 66.2 Å². The molecule has 1 aliphatic heterocycles. The number of aryl methyl sites for hydroxylation is 2. The molecule has 2 heteroatoms. The number of benzene rings is 1. The molecule has 0 spiro atoms. The van der Waals surface area contributed by atoms with Crippen LogP contribution >= 0.6 is 0 Å². The van der Waals surface area contributed by atoms with Crippen LogP contribution < -0.4 is 5.32 Å². The van der Waals surface area contributed by atoms with Gasteiger partial charge in [0, 0.05) is 11.6 Å². The van der Waals surface area contributed by atoms with Gasteiger partial charge in [-0.25, -0.2) is 0 Å². The van der Waals surface area contributed by atoms with Gasteiger partial charge >= 0.3 is 0 Å². The Kier molecular flexibility index (Phi) is 3.76. The largest absolute Gasteiger partial charge is 0.370 e. The molecule has 0 amide bonds. The molecule has 0 bridgehead atoms. The summed E-state index contributed by atoms with van der Waals surface area (Å²) in [4.78, 5) is 0. The minimum atomic E-state index is 0.0661. The Bertz CT molecular complexity index is 464. The highest BCUT2D eigenvalue weighted by atomic mass is 16.5. The highest BCUT2D eigenvalue weighted by molar-refractivity contribution is 5.46. The van der Waals surface area contributed by atoms with Gasteiger partial charge in [0.25, 0.3) is 0 Å². The molecule has 0 saturated carbocycles. The molecule has 2 unspecified atom stereocenters. The first kappa shape index (κ1) is 14.5. The summed E-state index contributed by atoms with van der Waals surface area (Å²) in [5, 5.41) is 3.67. The molecule has 106 valence electrons. The summed E-state index contributed by atoms with van der Waals surface area (Å²) in [6.45, 7) is 16.2. The fraction of sp³-hybridized carbons (Fsp3) is 0.647. The monoisotopic (exact) mass is 261 g/mol. The third kappa shape index (κ3) is 2.70. The van der Waals surface area contributed by atoms with Crippen molar-refractivity contribution in [3.05, 3.63) is 33.9 Å². The maximum Gasteiger partial charge on any atom is 0.0981 e. The van der Waals surface area contributed by atoms with Crippen molar-refractivity contribution < 1.29 is 4.74 Å². The van der Waals surface area contributed by atoms with Gasteiger partial charge in [0.15, 0.2) is 0 Å². The summed E-state index contributed by atoms with van der Waals surface area (Å²) >= 11 is 0. The van der Waals surface area contributed by atoms with E-state index in [1.165, 1.54) is 27.8 Å². The quantitative estimate of drug-likeness (QED) is 0.831. The van der Waals surface area contributed by atoms with Gasteiger partial charge in [-0.3, -0.25) is 0 Å². The predicted molar refractivity (Wildman–Crippen MR) is 80.8 cm³/mol. The molecule has 0 aromatic heterocycles. The molecule has 1 aromatic carbocycles. The standard InChI is InChI=1S/C17H27NO/c1-10-8-11(2)13(4)15(12(10)3)16-14(5)18-17(6,7)9-19-16/h8,14,16,18H,9H2,1-7H3. The van der Waals surface area contributed by atoms with Crippen LogP contribution in [0.2, 0.25) is 0 Å². The van der Waals surface area contributed by atoms with Crippen molar-refractivity contribution in [2.24, 2.45) is 0 Å². The van der Waals surface area contributed by atoms with Gasteiger partial charge in [0.05, 0.1) is 12.7 Å². The average Bonchev–Trinajstić information content (AvgIpc) is 2.29. The van der Waals surface area contributed by atoms with E-state index < -0.39 is 0 Å². The lowest BCUT2D eigenvalue weighted by molar-refractivity contribution is -0.0501. The van der Waals surface area contributed by atoms with E-state index in [9.17, 15) is 0 Å². The Morgan fingerprint density at radius 2 is 1.63 bits per heavy atom. The molecule has 0 aliphatic carbocycles. The van der Waals surface area contributed by atoms with Crippen molar-refractivity contribution in [2.75, 3.05) is 6.61 Å². The average molecular weight is 261 g/mol. The fourth-order valence-electron chi connectivity index (χ4n) is 3.18. The fourth-order valence-corrected chi connectivity index (χ4v) is 3.18. The Labute approximate surface area is 117 Å². The summed E-state index contributed by atoms with van der Waals surface area (Å²) < 4.78 is 6.20. The van der Waals surface area contributed by atoms with Crippen LogP contribution in [0.5, 0.6) is 0 Å². The van der Waals surface area contributed by atoms with Gasteiger partial charge in [-0.15, -0.1) is 0 Å². The molecule has 1 aromatic rings. The second-order valence-corrected chi connectivity index (χ2v) is 6.72. The van der Waals surface area contributed by atoms with E-state index in [0.717, 1.165) is 6.61 Å². The number of hydrogen-bond donors (Lipinski definition) is 1. The third-order valence-electron chi connectivity index (χ3n) is 4.40. The van der Waals surface area contributed by atoms with Gasteiger partial charge in [-0.2, -0.15) is 0 Å². The molecular formula is C17H27NO. The molecule has 2 rings (SSSR count). The van der Waals surface area contributed by atoms with E-state index in [0.29, 0.717) is 6.04 Å². The molecule has 1 aliphatic rings. The molecule has 19 heavy (non-hydrogen) atoms. The molecule has 2 nitrogen and oxygen atoms in total. The summed E-state index contributed by atoms with van der Waals surface area (Å²) in [5.74, 6) is 0. The molecule has 1 fully saturated rings. The van der Waals surface area contributed by atoms with Crippen molar-refractivity contribution in [3.8, 4) is 0 Å². The third-order valence-corrected chi connectivity index (χ3v) is 4.40. The number of hydrogen-bond acceptors (Lipinski definition) is 2. The molecule has 1 heterocycles. The topological polar surface area (TPSA) is 21.3 Å². The SMILES string of the molecule is Cc1cc(C)c(C)c(C2OCC(C)(C)NC2C)c1C. The maximum atomic E-state index is 6.20. The first-order valence-corrected chi connectivity index (χ1v) is 7.19. The van der Waals surface area contributed by atoms with Crippen LogP contribution in [-0.4, -0.2) is 18.2 Å². The Morgan fingerprint density at radius 1 is 1.11 bits per heavy atom. The van der Waals surface area contributed by atoms with Gasteiger partial charge < -0.3 is 10.1 Å². The van der Waals surface area contributed by atoms with Crippen LogP contribution in [0.4, 0.5) is 0 Å². The van der Waals surface area contributed by atoms with E-state index in [1.54, 1.807) is 0 Å². The van der Waals surface area contributed by atoms with Gasteiger partial charge in [0.1, 0.15) is 0 Å². The van der Waals surface area contributed by atoms with Crippen LogP contribution in [0.3, 0.4) is 0 Å². The summed E-state index contributed by atoms with van der Waals surface area (Å²) in [5.41, 5.74) is 6.92. The minimum Gasteiger partial charge on any atom is -0.370 e. The highest BCUT2D eigenvalue weighted by Crippen LogP contribution is 2.34. The summed E-state index contributed by atoms with van der Waals surface area (Å²) in [7, 11) is 0. The van der Waals surface area contributed by atoms with Crippen LogP contribution in [0.15, 0.2) is 6.07 Å². The first-order chi connectivity index (χ1) is 8.73. The predicted octanol–water partition coefficient (Wildman–Crippen LogP) is 3.75. The van der Waals surface area contributed by atoms with Gasteiger partial charge in [-0.1, -0.05) is 6.07 Å². The normalized spacial score (nSPS) is 26.5. The smallest absolute Gasteiger partial charge is 0.0981 e. The lowest BCUT2D eigenvalue weighted by Crippen LogP contribution is -2.55. The molecule has 2 atom stereocenters. The lowest BCUT2D eigenvalue weighted by Gasteiger charge is -2.42. The zero-order valence-electron chi connectivity index (χ0n) is 13.3. The van der Waals surface area contributed by atoms with Crippen LogP contribution in [0.1, 0.15) is 54.7 Å². The Morgan fingerprint density at radius 3 is 2.11 bits per heavy atom. The van der Waals surface area contributed by atoms with Crippen LogP contribution in [0.25, 0.3) is 0 Å². The summed E-state index contributed by atoms with van der Waals surface area (Å²) in [6, 6.07) is 2.61. The van der Waals surface area contributed by atoms with Gasteiger partial charge in [-0.05, 0) is 76.3 Å². The molecule has 1 saturated heterocycles. The zero-order valence-corrected chi connectivity index (χ0v) is 13.3. The van der Waals surface area contributed by atoms with Crippen molar-refractivity contribution in [1.29, 1.82) is 0 Å². The van der Waals surface area contributed by atoms with Crippen molar-refractivity contribution >= 4 is 0 Å². The van der Waals surface area contributed by atoms with Crippen LogP contribution in [-0.2, 0) is 4.74 Å². The second kappa shape index (κ2) is 4.92. The van der Waals surface area contributed by atoms with Crippen LogP contribution in [0, 0.1) is 27.7 Å². The number of ether oxygens (including phenoxy) is 1.